The Balaban J connectivity index is 1.33. The molecule has 3 heterocycles. The first kappa shape index (κ1) is 29.5. The minimum atomic E-state index is -0.447. The zero-order valence-corrected chi connectivity index (χ0v) is 25.3. The highest BCUT2D eigenvalue weighted by atomic mass is 32.1. The zero-order valence-electron chi connectivity index (χ0n) is 24.5. The molecule has 0 atom stereocenters. The Morgan fingerprint density at radius 2 is 1.84 bits per heavy atom. The molecular formula is C33H28N6O5S. The van der Waals surface area contributed by atoms with Crippen LogP contribution in [-0.4, -0.2) is 43.0 Å². The fourth-order valence-corrected chi connectivity index (χ4v) is 5.57. The van der Waals surface area contributed by atoms with E-state index in [1.165, 1.54) is 28.0 Å². The van der Waals surface area contributed by atoms with Crippen molar-refractivity contribution < 1.29 is 14.4 Å². The Hall–Kier alpha value is -5.62. The number of thiazole rings is 1. The summed E-state index contributed by atoms with van der Waals surface area (Å²) in [6.07, 6.45) is 9.10. The number of nitrogens with zero attached hydrogens (tertiary/aromatic N) is 6. The number of non-ortho nitro benzene ring substituents is 1. The first-order valence-corrected chi connectivity index (χ1v) is 15.1. The van der Waals surface area contributed by atoms with Crippen molar-refractivity contribution >= 4 is 40.2 Å². The lowest BCUT2D eigenvalue weighted by molar-refractivity contribution is -0.384. The summed E-state index contributed by atoms with van der Waals surface area (Å²) in [6, 6.07) is 21.4. The van der Waals surface area contributed by atoms with Crippen molar-refractivity contribution in [1.82, 2.24) is 24.4 Å². The second-order valence-corrected chi connectivity index (χ2v) is 11.1. The van der Waals surface area contributed by atoms with Gasteiger partial charge in [-0.15, -0.1) is 5.10 Å². The lowest BCUT2D eigenvalue weighted by Crippen LogP contribution is -2.23. The third kappa shape index (κ3) is 6.36. The number of ether oxygens (including phenoxy) is 2. The third-order valence-corrected chi connectivity index (χ3v) is 7.91. The van der Waals surface area contributed by atoms with E-state index >= 15 is 0 Å². The number of nitro benzene ring substituents is 1. The number of rotatable bonds is 11. The number of aromatic nitrogens is 5. The van der Waals surface area contributed by atoms with Crippen LogP contribution in [0.3, 0.4) is 0 Å². The number of nitro groups is 1. The van der Waals surface area contributed by atoms with Crippen molar-refractivity contribution in [2.45, 2.75) is 19.8 Å². The minimum absolute atomic E-state index is 0.0497. The van der Waals surface area contributed by atoms with Crippen molar-refractivity contribution in [3.8, 4) is 28.4 Å². The summed E-state index contributed by atoms with van der Waals surface area (Å²) in [5.74, 6) is 1.71. The summed E-state index contributed by atoms with van der Waals surface area (Å²) >= 11 is 1.20. The first-order chi connectivity index (χ1) is 21.9. The Kier molecular flexibility index (Phi) is 8.47. The highest BCUT2D eigenvalue weighted by Crippen LogP contribution is 2.29. The molecule has 0 aliphatic rings. The summed E-state index contributed by atoms with van der Waals surface area (Å²) in [4.78, 5) is 29.4. The van der Waals surface area contributed by atoms with Crippen molar-refractivity contribution in [1.29, 1.82) is 0 Å². The average molecular weight is 621 g/mol. The predicted octanol–water partition coefficient (Wildman–Crippen LogP) is 5.82. The van der Waals surface area contributed by atoms with E-state index in [1.807, 2.05) is 54.6 Å². The molecule has 3 aromatic carbocycles. The van der Waals surface area contributed by atoms with Crippen molar-refractivity contribution in [2.75, 3.05) is 13.7 Å². The minimum Gasteiger partial charge on any atom is -0.493 e. The van der Waals surface area contributed by atoms with Crippen LogP contribution in [0, 0.1) is 10.1 Å². The smallest absolute Gasteiger partial charge is 0.291 e. The van der Waals surface area contributed by atoms with E-state index in [4.69, 9.17) is 14.6 Å². The molecule has 0 spiro atoms. The molecule has 226 valence electrons. The fraction of sp³-hybridized carbons (Fsp3) is 0.152. The molecule has 12 heteroatoms. The molecule has 0 unspecified atom stereocenters. The van der Waals surface area contributed by atoms with Crippen LogP contribution in [0.25, 0.3) is 40.1 Å². The maximum absolute atomic E-state index is 13.4. The normalized spacial score (nSPS) is 11.9. The molecule has 0 N–H and O–H groups in total. The maximum atomic E-state index is 13.4. The van der Waals surface area contributed by atoms with E-state index in [-0.39, 0.29) is 11.2 Å². The Bertz CT molecular complexity index is 2130. The standard InChI is InChI=1S/C33H28N6O5S/c1-3-4-17-44-27-15-13-22(18-28(27)43-2)14-16-30-34-33-38(35-30)32(40)29(45-33)20-24-21-37(25-10-6-5-7-11-25)36-31(24)23-9-8-12-26(19-23)39(41)42/h5-16,18-21H,3-4,17H2,1-2H3/b16-14+,29-20-. The number of fused-ring (bicyclic) bond motifs is 1. The monoisotopic (exact) mass is 620 g/mol. The molecule has 0 saturated heterocycles. The fourth-order valence-electron chi connectivity index (χ4n) is 4.66. The SMILES string of the molecule is CCCCOc1ccc(/C=C/c2nc3s/c(=C\c4cn(-c5ccccc5)nc4-c4cccc([N+](=O)[O-])c4)c(=O)n3n2)cc1OC. The summed E-state index contributed by atoms with van der Waals surface area (Å²) < 4.78 is 14.7. The molecule has 45 heavy (non-hydrogen) atoms. The number of methoxy groups -OCH3 is 1. The molecule has 6 rings (SSSR count). The number of hydrogen-bond acceptors (Lipinski definition) is 9. The molecule has 0 fully saturated rings. The van der Waals surface area contributed by atoms with Gasteiger partial charge in [-0.2, -0.15) is 14.6 Å². The number of para-hydroxylation sites is 1. The molecule has 3 aromatic heterocycles. The van der Waals surface area contributed by atoms with Gasteiger partial charge in [-0.3, -0.25) is 14.9 Å². The van der Waals surface area contributed by atoms with Gasteiger partial charge in [0.05, 0.1) is 28.9 Å². The van der Waals surface area contributed by atoms with Gasteiger partial charge in [0.2, 0.25) is 4.96 Å². The molecular weight excluding hydrogens is 592 g/mol. The van der Waals surface area contributed by atoms with Gasteiger partial charge < -0.3 is 9.47 Å². The van der Waals surface area contributed by atoms with Gasteiger partial charge in [0.15, 0.2) is 17.3 Å². The quantitative estimate of drug-likeness (QED) is 0.101. The number of unbranched alkanes of at least 4 members (excludes halogenated alkanes) is 1. The molecule has 11 nitrogen and oxygen atoms in total. The van der Waals surface area contributed by atoms with Crippen LogP contribution in [0.2, 0.25) is 0 Å². The topological polar surface area (TPSA) is 127 Å². The largest absolute Gasteiger partial charge is 0.493 e. The lowest BCUT2D eigenvalue weighted by Gasteiger charge is -2.10. The third-order valence-electron chi connectivity index (χ3n) is 6.95. The van der Waals surface area contributed by atoms with Crippen LogP contribution in [0.5, 0.6) is 11.5 Å². The lowest BCUT2D eigenvalue weighted by atomic mass is 10.1. The maximum Gasteiger partial charge on any atom is 0.291 e. The van der Waals surface area contributed by atoms with Crippen LogP contribution in [0.1, 0.15) is 36.7 Å². The average Bonchev–Trinajstić information content (AvgIpc) is 3.75. The molecule has 0 aliphatic heterocycles. The van der Waals surface area contributed by atoms with Crippen LogP contribution >= 0.6 is 11.3 Å². The second-order valence-electron chi connectivity index (χ2n) is 10.0. The van der Waals surface area contributed by atoms with Crippen molar-refractivity contribution in [3.05, 3.63) is 121 Å². The summed E-state index contributed by atoms with van der Waals surface area (Å²) in [5.41, 5.74) is 2.98. The van der Waals surface area contributed by atoms with Gasteiger partial charge in [0.1, 0.15) is 5.69 Å². The van der Waals surface area contributed by atoms with Gasteiger partial charge in [-0.1, -0.05) is 67.2 Å². The van der Waals surface area contributed by atoms with E-state index in [0.29, 0.717) is 50.2 Å². The first-order valence-electron chi connectivity index (χ1n) is 14.2. The molecule has 0 bridgehead atoms. The van der Waals surface area contributed by atoms with Crippen LogP contribution < -0.4 is 19.6 Å². The van der Waals surface area contributed by atoms with Gasteiger partial charge in [-0.25, -0.2) is 4.68 Å². The molecule has 0 amide bonds. The van der Waals surface area contributed by atoms with E-state index in [9.17, 15) is 14.9 Å². The Morgan fingerprint density at radius 1 is 1.00 bits per heavy atom. The number of benzene rings is 3. The van der Waals surface area contributed by atoms with Crippen molar-refractivity contribution in [2.24, 2.45) is 0 Å². The van der Waals surface area contributed by atoms with Crippen LogP contribution in [0.4, 0.5) is 5.69 Å². The summed E-state index contributed by atoms with van der Waals surface area (Å²) in [5, 5.41) is 20.6. The molecule has 6 aromatic rings. The summed E-state index contributed by atoms with van der Waals surface area (Å²) in [6.45, 7) is 2.73. The van der Waals surface area contributed by atoms with E-state index in [0.717, 1.165) is 24.1 Å². The van der Waals surface area contributed by atoms with Crippen molar-refractivity contribution in [3.63, 3.8) is 0 Å². The predicted molar refractivity (Wildman–Crippen MR) is 174 cm³/mol. The van der Waals surface area contributed by atoms with Gasteiger partial charge >= 0.3 is 0 Å². The van der Waals surface area contributed by atoms with Crippen LogP contribution in [-0.2, 0) is 0 Å². The summed E-state index contributed by atoms with van der Waals surface area (Å²) in [7, 11) is 1.60. The molecule has 0 aliphatic carbocycles. The second kappa shape index (κ2) is 12.9. The zero-order chi connectivity index (χ0) is 31.3. The highest BCUT2D eigenvalue weighted by molar-refractivity contribution is 7.15. The highest BCUT2D eigenvalue weighted by Gasteiger charge is 2.16. The van der Waals surface area contributed by atoms with E-state index in [1.54, 1.807) is 42.3 Å². The van der Waals surface area contributed by atoms with Gasteiger partial charge in [0, 0.05) is 29.5 Å². The molecule has 0 radical (unpaired) electrons. The Morgan fingerprint density at radius 3 is 2.60 bits per heavy atom. The van der Waals surface area contributed by atoms with Gasteiger partial charge in [0.25, 0.3) is 11.2 Å². The Labute approximate surface area is 261 Å². The van der Waals surface area contributed by atoms with E-state index in [2.05, 4.69) is 17.0 Å². The molecule has 0 saturated carbocycles. The van der Waals surface area contributed by atoms with Crippen LogP contribution in [0.15, 0.2) is 83.8 Å². The van der Waals surface area contributed by atoms with Gasteiger partial charge in [-0.05, 0) is 48.4 Å². The number of hydrogen-bond donors (Lipinski definition) is 0. The van der Waals surface area contributed by atoms with E-state index < -0.39 is 4.92 Å².